The molecule has 0 bridgehead atoms. The molecule has 2 unspecified atom stereocenters. The molecule has 1 aromatic carbocycles. The molecule has 1 rings (SSSR count). The van der Waals surface area contributed by atoms with Crippen LogP contribution in [0.1, 0.15) is 12.0 Å². The van der Waals surface area contributed by atoms with Crippen LogP contribution in [0.4, 0.5) is 26.3 Å². The molecule has 0 aliphatic rings. The van der Waals surface area contributed by atoms with Crippen molar-refractivity contribution in [3.8, 4) is 0 Å². The zero-order valence-corrected chi connectivity index (χ0v) is 14.2. The molecule has 0 aliphatic carbocycles. The zero-order valence-electron chi connectivity index (χ0n) is 12.5. The number of sulfone groups is 1. The lowest BCUT2D eigenvalue weighted by molar-refractivity contribution is -0.235. The lowest BCUT2D eigenvalue weighted by Crippen LogP contribution is -2.35. The lowest BCUT2D eigenvalue weighted by Gasteiger charge is -2.24. The first-order chi connectivity index (χ1) is 11.0. The molecule has 25 heavy (non-hydrogen) atoms. The monoisotopic (exact) mass is 414 g/mol. The van der Waals surface area contributed by atoms with Gasteiger partial charge in [-0.3, -0.25) is 9.09 Å². The van der Waals surface area contributed by atoms with Gasteiger partial charge in [-0.2, -0.15) is 26.3 Å². The summed E-state index contributed by atoms with van der Waals surface area (Å²) >= 11 is 0. The Labute approximate surface area is 139 Å². The molecule has 2 atom stereocenters. The Morgan fingerprint density at radius 2 is 1.60 bits per heavy atom. The Hall–Kier alpha value is -1.10. The van der Waals surface area contributed by atoms with E-state index in [0.717, 1.165) is 30.5 Å². The summed E-state index contributed by atoms with van der Waals surface area (Å²) in [5, 5.41) is 0. The summed E-state index contributed by atoms with van der Waals surface area (Å²) in [6.07, 6.45) is -16.8. The summed E-state index contributed by atoms with van der Waals surface area (Å²) < 4.78 is 112. The summed E-state index contributed by atoms with van der Waals surface area (Å²) in [4.78, 5) is 9.33. The maximum Gasteiger partial charge on any atom is 0.415 e. The van der Waals surface area contributed by atoms with E-state index in [2.05, 4.69) is 4.52 Å². The van der Waals surface area contributed by atoms with Crippen LogP contribution in [0, 0.1) is 0 Å². The molecular weight excluding hydrogens is 401 g/mol. The average molecular weight is 414 g/mol. The van der Waals surface area contributed by atoms with Gasteiger partial charge in [-0.25, -0.2) is 8.42 Å². The van der Waals surface area contributed by atoms with E-state index < -0.39 is 48.5 Å². The molecule has 0 aromatic heterocycles. The van der Waals surface area contributed by atoms with Crippen LogP contribution in [0.5, 0.6) is 0 Å². The van der Waals surface area contributed by atoms with Gasteiger partial charge in [0.15, 0.2) is 15.9 Å². The van der Waals surface area contributed by atoms with Gasteiger partial charge < -0.3 is 4.89 Å². The van der Waals surface area contributed by atoms with E-state index in [4.69, 9.17) is 0 Å². The van der Waals surface area contributed by atoms with Crippen LogP contribution in [-0.4, -0.2) is 38.0 Å². The summed E-state index contributed by atoms with van der Waals surface area (Å²) in [6, 6.07) is 4.19. The van der Waals surface area contributed by atoms with Crippen molar-refractivity contribution in [3.63, 3.8) is 0 Å². The van der Waals surface area contributed by atoms with Gasteiger partial charge in [0.2, 0.25) is 0 Å². The van der Waals surface area contributed by atoms with Crippen LogP contribution in [0.2, 0.25) is 0 Å². The van der Waals surface area contributed by atoms with Gasteiger partial charge >= 0.3 is 19.9 Å². The number of hydrogen-bond donors (Lipinski definition) is 1. The van der Waals surface area contributed by atoms with Gasteiger partial charge in [0.25, 0.3) is 0 Å². The highest BCUT2D eigenvalue weighted by Gasteiger charge is 2.50. The normalized spacial score (nSPS) is 17.1. The molecule has 5 nitrogen and oxygen atoms in total. The van der Waals surface area contributed by atoms with Crippen LogP contribution in [0.3, 0.4) is 0 Å². The Balaban J connectivity index is 2.94. The molecule has 0 saturated carbocycles. The second kappa shape index (κ2) is 7.26. The van der Waals surface area contributed by atoms with Gasteiger partial charge in [-0.15, -0.1) is 0 Å². The Bertz CT molecular complexity index is 741. The summed E-state index contributed by atoms with van der Waals surface area (Å²) in [6.45, 7) is 0. The predicted octanol–water partition coefficient (Wildman–Crippen LogP) is 3.68. The van der Waals surface area contributed by atoms with Crippen molar-refractivity contribution in [1.82, 2.24) is 0 Å². The molecule has 144 valence electrons. The van der Waals surface area contributed by atoms with E-state index in [1.807, 2.05) is 0 Å². The third kappa shape index (κ3) is 7.76. The molecule has 0 amide bonds. The number of benzene rings is 1. The number of rotatable bonds is 6. The van der Waals surface area contributed by atoms with Crippen LogP contribution >= 0.6 is 7.60 Å². The largest absolute Gasteiger partial charge is 0.415 e. The SMILES string of the molecule is CS(=O)(=O)c1ccc(CP(=O)(O)OC(CC(F)(F)F)C(F)(F)F)cc1. The number of hydrogen-bond acceptors (Lipinski definition) is 4. The zero-order chi connectivity index (χ0) is 19.7. The minimum Gasteiger partial charge on any atom is -0.324 e. The third-order valence-corrected chi connectivity index (χ3v) is 5.28. The van der Waals surface area contributed by atoms with Gasteiger partial charge in [-0.1, -0.05) is 12.1 Å². The van der Waals surface area contributed by atoms with Crippen LogP contribution in [-0.2, 0) is 25.1 Å². The first-order valence-corrected chi connectivity index (χ1v) is 10.1. The van der Waals surface area contributed by atoms with Gasteiger partial charge in [0.05, 0.1) is 17.5 Å². The van der Waals surface area contributed by atoms with Crippen molar-refractivity contribution in [2.24, 2.45) is 0 Å². The summed E-state index contributed by atoms with van der Waals surface area (Å²) in [5.41, 5.74) is -0.0776. The van der Waals surface area contributed by atoms with Crippen molar-refractivity contribution in [2.75, 3.05) is 6.26 Å². The summed E-state index contributed by atoms with van der Waals surface area (Å²) in [7, 11) is -8.64. The molecule has 0 saturated heterocycles. The van der Waals surface area contributed by atoms with Crippen LogP contribution < -0.4 is 0 Å². The maximum absolute atomic E-state index is 12.6. The molecule has 1 aromatic rings. The van der Waals surface area contributed by atoms with E-state index in [0.29, 0.717) is 0 Å². The number of halogens is 6. The molecule has 0 radical (unpaired) electrons. The average Bonchev–Trinajstić information content (AvgIpc) is 2.33. The molecule has 0 fully saturated rings. The standard InChI is InChI=1S/C12H13F6O5PS/c1-25(21,22)9-4-2-8(3-5-9)7-24(19,20)23-10(12(16,17)18)6-11(13,14)15/h2-5,10H,6-7H2,1H3,(H,19,20). The van der Waals surface area contributed by atoms with Crippen molar-refractivity contribution in [2.45, 2.75) is 35.9 Å². The first-order valence-electron chi connectivity index (χ1n) is 6.42. The molecule has 1 N–H and O–H groups in total. The van der Waals surface area contributed by atoms with Crippen LogP contribution in [0.15, 0.2) is 29.2 Å². The summed E-state index contributed by atoms with van der Waals surface area (Å²) in [5.74, 6) is 0. The fourth-order valence-corrected chi connectivity index (χ4v) is 3.70. The lowest BCUT2D eigenvalue weighted by atomic mass is 10.2. The molecule has 0 spiro atoms. The molecule has 0 heterocycles. The third-order valence-electron chi connectivity index (χ3n) is 2.81. The fraction of sp³-hybridized carbons (Fsp3) is 0.500. The highest BCUT2D eigenvalue weighted by atomic mass is 32.2. The first kappa shape index (κ1) is 21.9. The minimum atomic E-state index is -5.49. The van der Waals surface area contributed by atoms with Gasteiger partial charge in [0, 0.05) is 6.26 Å². The predicted molar refractivity (Wildman–Crippen MR) is 74.7 cm³/mol. The van der Waals surface area contributed by atoms with Crippen molar-refractivity contribution in [1.29, 1.82) is 0 Å². The molecular formula is C12H13F6O5PS. The van der Waals surface area contributed by atoms with Crippen LogP contribution in [0.25, 0.3) is 0 Å². The minimum absolute atomic E-state index is 0.0776. The van der Waals surface area contributed by atoms with Crippen molar-refractivity contribution in [3.05, 3.63) is 29.8 Å². The Morgan fingerprint density at radius 1 is 1.12 bits per heavy atom. The van der Waals surface area contributed by atoms with Crippen molar-refractivity contribution < 1.29 is 48.7 Å². The van der Waals surface area contributed by atoms with E-state index in [1.165, 1.54) is 0 Å². The fourth-order valence-electron chi connectivity index (χ4n) is 1.73. The smallest absolute Gasteiger partial charge is 0.324 e. The Morgan fingerprint density at radius 3 is 1.96 bits per heavy atom. The maximum atomic E-state index is 12.6. The second-order valence-electron chi connectivity index (χ2n) is 5.17. The molecule has 0 aliphatic heterocycles. The highest BCUT2D eigenvalue weighted by molar-refractivity contribution is 7.90. The van der Waals surface area contributed by atoms with Crippen molar-refractivity contribution >= 4 is 17.4 Å². The highest BCUT2D eigenvalue weighted by Crippen LogP contribution is 2.50. The van der Waals surface area contributed by atoms with Gasteiger partial charge in [-0.05, 0) is 17.7 Å². The van der Waals surface area contributed by atoms with E-state index in [-0.39, 0.29) is 10.5 Å². The van der Waals surface area contributed by atoms with E-state index in [9.17, 15) is 44.2 Å². The second-order valence-corrected chi connectivity index (χ2v) is 8.98. The van der Waals surface area contributed by atoms with E-state index in [1.54, 1.807) is 0 Å². The Kier molecular flexibility index (Phi) is 6.37. The quantitative estimate of drug-likeness (QED) is 0.568. The van der Waals surface area contributed by atoms with E-state index >= 15 is 0 Å². The molecule has 13 heteroatoms. The topological polar surface area (TPSA) is 80.7 Å². The van der Waals surface area contributed by atoms with Gasteiger partial charge in [0.1, 0.15) is 0 Å². The number of alkyl halides is 6.